The lowest BCUT2D eigenvalue weighted by molar-refractivity contribution is -0.121. The fraction of sp³-hybridized carbons (Fsp3) is 0.200. The first-order valence-electron chi connectivity index (χ1n) is 10.6. The van der Waals surface area contributed by atoms with Gasteiger partial charge in [0.2, 0.25) is 10.0 Å². The number of nitrogens with zero attached hydrogens (tertiary/aromatic N) is 2. The topological polar surface area (TPSA) is 97.3 Å². The Morgan fingerprint density at radius 2 is 1.71 bits per heavy atom. The van der Waals surface area contributed by atoms with Crippen LogP contribution >= 0.6 is 15.9 Å². The Morgan fingerprint density at radius 3 is 2.34 bits per heavy atom. The first-order chi connectivity index (χ1) is 16.7. The number of sulfonamides is 1. The minimum Gasteiger partial charge on any atom is -0.493 e. The summed E-state index contributed by atoms with van der Waals surface area (Å²) in [5.74, 6) is 0.398. The molecule has 184 valence electrons. The standard InChI is InChI=1S/C25H26BrN3O5S/c1-18-7-9-19(10-8-18)16-29(35(31,32)22-13-11-21(26)12-14-22)17-24(30)28-27-15-20-5-4-6-23(33-2)25(20)34-3/h4-15H,16-17H2,1-3H3,(H,28,30)/b27-15-. The van der Waals surface area contributed by atoms with Crippen LogP contribution in [0.25, 0.3) is 0 Å². The van der Waals surface area contributed by atoms with Crippen molar-refractivity contribution in [2.24, 2.45) is 5.10 Å². The molecule has 0 unspecified atom stereocenters. The summed E-state index contributed by atoms with van der Waals surface area (Å²) in [5.41, 5.74) is 4.80. The second-order valence-electron chi connectivity index (χ2n) is 7.59. The number of carbonyl (C=O) groups excluding carboxylic acids is 1. The van der Waals surface area contributed by atoms with Gasteiger partial charge < -0.3 is 9.47 Å². The van der Waals surface area contributed by atoms with E-state index in [1.807, 2.05) is 31.2 Å². The van der Waals surface area contributed by atoms with Crippen molar-refractivity contribution in [2.45, 2.75) is 18.4 Å². The summed E-state index contributed by atoms with van der Waals surface area (Å²) in [7, 11) is -0.928. The van der Waals surface area contributed by atoms with Gasteiger partial charge in [-0.3, -0.25) is 4.79 Å². The van der Waals surface area contributed by atoms with Gasteiger partial charge in [-0.15, -0.1) is 0 Å². The van der Waals surface area contributed by atoms with Gasteiger partial charge in [0.1, 0.15) is 0 Å². The van der Waals surface area contributed by atoms with Gasteiger partial charge in [-0.1, -0.05) is 51.8 Å². The van der Waals surface area contributed by atoms with Crippen LogP contribution in [0.4, 0.5) is 0 Å². The summed E-state index contributed by atoms with van der Waals surface area (Å²) in [6.45, 7) is 1.56. The molecule has 0 bridgehead atoms. The molecule has 0 heterocycles. The van der Waals surface area contributed by atoms with E-state index >= 15 is 0 Å². The average Bonchev–Trinajstić information content (AvgIpc) is 2.85. The van der Waals surface area contributed by atoms with Crippen LogP contribution < -0.4 is 14.9 Å². The van der Waals surface area contributed by atoms with Crippen molar-refractivity contribution in [3.8, 4) is 11.5 Å². The molecule has 0 aliphatic heterocycles. The summed E-state index contributed by atoms with van der Waals surface area (Å²) in [6, 6.07) is 19.0. The second kappa shape index (κ2) is 12.0. The number of hydrogen-bond donors (Lipinski definition) is 1. The Hall–Kier alpha value is -3.21. The second-order valence-corrected chi connectivity index (χ2v) is 10.4. The molecule has 3 aromatic carbocycles. The molecular weight excluding hydrogens is 534 g/mol. The molecule has 1 amide bonds. The zero-order valence-electron chi connectivity index (χ0n) is 19.6. The molecule has 10 heteroatoms. The number of hydrazone groups is 1. The fourth-order valence-corrected chi connectivity index (χ4v) is 4.91. The fourth-order valence-electron chi connectivity index (χ4n) is 3.26. The number of benzene rings is 3. The largest absolute Gasteiger partial charge is 0.493 e. The van der Waals surface area contributed by atoms with Crippen LogP contribution in [0.2, 0.25) is 0 Å². The first-order valence-corrected chi connectivity index (χ1v) is 12.8. The molecule has 35 heavy (non-hydrogen) atoms. The molecule has 0 aliphatic carbocycles. The first kappa shape index (κ1) is 26.4. The van der Waals surface area contributed by atoms with Crippen LogP contribution in [0, 0.1) is 6.92 Å². The number of amides is 1. The van der Waals surface area contributed by atoms with Crippen molar-refractivity contribution < 1.29 is 22.7 Å². The molecule has 0 saturated carbocycles. The Labute approximate surface area is 213 Å². The highest BCUT2D eigenvalue weighted by molar-refractivity contribution is 9.10. The van der Waals surface area contributed by atoms with Gasteiger partial charge in [-0.05, 0) is 48.9 Å². The Kier molecular flexibility index (Phi) is 9.02. The quantitative estimate of drug-likeness (QED) is 0.297. The summed E-state index contributed by atoms with van der Waals surface area (Å²) in [6.07, 6.45) is 1.41. The lowest BCUT2D eigenvalue weighted by atomic mass is 10.1. The summed E-state index contributed by atoms with van der Waals surface area (Å²) in [4.78, 5) is 12.8. The van der Waals surface area contributed by atoms with E-state index in [1.165, 1.54) is 32.6 Å². The molecule has 0 atom stereocenters. The third-order valence-electron chi connectivity index (χ3n) is 5.08. The van der Waals surface area contributed by atoms with E-state index in [2.05, 4.69) is 26.5 Å². The van der Waals surface area contributed by atoms with Gasteiger partial charge in [0, 0.05) is 16.6 Å². The van der Waals surface area contributed by atoms with E-state index in [9.17, 15) is 13.2 Å². The van der Waals surface area contributed by atoms with Crippen LogP contribution in [0.1, 0.15) is 16.7 Å². The molecule has 0 spiro atoms. The van der Waals surface area contributed by atoms with E-state index in [0.29, 0.717) is 17.1 Å². The molecule has 0 saturated heterocycles. The molecule has 1 N–H and O–H groups in total. The van der Waals surface area contributed by atoms with E-state index in [0.717, 1.165) is 19.9 Å². The molecule has 8 nitrogen and oxygen atoms in total. The minimum atomic E-state index is -3.95. The van der Waals surface area contributed by atoms with Gasteiger partial charge in [0.15, 0.2) is 11.5 Å². The van der Waals surface area contributed by atoms with Gasteiger partial charge in [-0.25, -0.2) is 13.8 Å². The van der Waals surface area contributed by atoms with Crippen LogP contribution in [0.15, 0.2) is 81.2 Å². The molecule has 3 aromatic rings. The normalized spacial score (nSPS) is 11.6. The maximum atomic E-state index is 13.4. The van der Waals surface area contributed by atoms with Crippen molar-refractivity contribution in [3.63, 3.8) is 0 Å². The molecular formula is C25H26BrN3O5S. The zero-order chi connectivity index (χ0) is 25.4. The Morgan fingerprint density at radius 1 is 1.03 bits per heavy atom. The Balaban J connectivity index is 1.80. The van der Waals surface area contributed by atoms with E-state index in [1.54, 1.807) is 30.3 Å². The van der Waals surface area contributed by atoms with Crippen LogP contribution in [-0.2, 0) is 21.4 Å². The number of methoxy groups -OCH3 is 2. The molecule has 0 radical (unpaired) electrons. The van der Waals surface area contributed by atoms with Gasteiger partial charge in [0.25, 0.3) is 5.91 Å². The number of nitrogens with one attached hydrogen (secondary N) is 1. The molecule has 0 aliphatic rings. The molecule has 3 rings (SSSR count). The number of rotatable bonds is 10. The van der Waals surface area contributed by atoms with Crippen molar-refractivity contribution >= 4 is 38.1 Å². The van der Waals surface area contributed by atoms with E-state index < -0.39 is 22.5 Å². The number of ether oxygens (including phenoxy) is 2. The highest BCUT2D eigenvalue weighted by atomic mass is 79.9. The van der Waals surface area contributed by atoms with Crippen LogP contribution in [0.3, 0.4) is 0 Å². The van der Waals surface area contributed by atoms with Crippen LogP contribution in [-0.4, -0.2) is 45.6 Å². The third kappa shape index (κ3) is 6.91. The Bertz CT molecular complexity index is 1290. The predicted molar refractivity (Wildman–Crippen MR) is 138 cm³/mol. The highest BCUT2D eigenvalue weighted by Crippen LogP contribution is 2.29. The number of para-hydroxylation sites is 1. The maximum absolute atomic E-state index is 13.4. The van der Waals surface area contributed by atoms with E-state index in [-0.39, 0.29) is 11.4 Å². The minimum absolute atomic E-state index is 0.0273. The smallest absolute Gasteiger partial charge is 0.255 e. The van der Waals surface area contributed by atoms with E-state index in [4.69, 9.17) is 9.47 Å². The maximum Gasteiger partial charge on any atom is 0.255 e. The van der Waals surface area contributed by atoms with Gasteiger partial charge >= 0.3 is 0 Å². The summed E-state index contributed by atoms with van der Waals surface area (Å²) in [5, 5.41) is 3.98. The number of carbonyl (C=O) groups is 1. The number of halogens is 1. The zero-order valence-corrected chi connectivity index (χ0v) is 22.0. The van der Waals surface area contributed by atoms with Crippen molar-refractivity contribution in [1.29, 1.82) is 0 Å². The number of hydrogen-bond acceptors (Lipinski definition) is 6. The van der Waals surface area contributed by atoms with Crippen molar-refractivity contribution in [3.05, 3.63) is 87.9 Å². The SMILES string of the molecule is COc1cccc(/C=N\NC(=O)CN(Cc2ccc(C)cc2)S(=O)(=O)c2ccc(Br)cc2)c1OC. The molecule has 0 fully saturated rings. The monoisotopic (exact) mass is 559 g/mol. The summed E-state index contributed by atoms with van der Waals surface area (Å²) >= 11 is 3.31. The van der Waals surface area contributed by atoms with Crippen molar-refractivity contribution in [1.82, 2.24) is 9.73 Å². The lowest BCUT2D eigenvalue weighted by Crippen LogP contribution is -2.39. The summed E-state index contributed by atoms with van der Waals surface area (Å²) < 4.78 is 39.2. The molecule has 0 aromatic heterocycles. The van der Waals surface area contributed by atoms with Crippen LogP contribution in [0.5, 0.6) is 11.5 Å². The van der Waals surface area contributed by atoms with Gasteiger partial charge in [-0.2, -0.15) is 9.41 Å². The number of aryl methyl sites for hydroxylation is 1. The predicted octanol–water partition coefficient (Wildman–Crippen LogP) is 4.12. The lowest BCUT2D eigenvalue weighted by Gasteiger charge is -2.21. The van der Waals surface area contributed by atoms with Crippen molar-refractivity contribution in [2.75, 3.05) is 20.8 Å². The third-order valence-corrected chi connectivity index (χ3v) is 7.41. The highest BCUT2D eigenvalue weighted by Gasteiger charge is 2.27. The van der Waals surface area contributed by atoms with Gasteiger partial charge in [0.05, 0.1) is 31.9 Å². The average molecular weight is 560 g/mol.